The standard InChI is InChI=1S/C12H17FO3/c1-6(14)5-9-7(2)10(13)8(3)12(16-4)11(9)15/h6,14-15H,5H2,1-4H3. The van der Waals surface area contributed by atoms with Crippen molar-refractivity contribution in [3.8, 4) is 11.5 Å². The number of rotatable bonds is 3. The molecule has 0 radical (unpaired) electrons. The lowest BCUT2D eigenvalue weighted by molar-refractivity contribution is 0.193. The molecule has 0 aromatic heterocycles. The molecule has 0 saturated carbocycles. The maximum Gasteiger partial charge on any atom is 0.166 e. The molecule has 0 saturated heterocycles. The predicted octanol–water partition coefficient (Wildman–Crippen LogP) is 2.08. The van der Waals surface area contributed by atoms with Crippen molar-refractivity contribution in [1.82, 2.24) is 0 Å². The number of aliphatic hydroxyl groups excluding tert-OH is 1. The Morgan fingerprint density at radius 2 is 1.88 bits per heavy atom. The van der Waals surface area contributed by atoms with Gasteiger partial charge < -0.3 is 14.9 Å². The lowest BCUT2D eigenvalue weighted by atomic mass is 9.97. The molecule has 1 rings (SSSR count). The van der Waals surface area contributed by atoms with E-state index in [9.17, 15) is 14.6 Å². The maximum atomic E-state index is 13.8. The van der Waals surface area contributed by atoms with Crippen LogP contribution in [0.5, 0.6) is 11.5 Å². The molecule has 16 heavy (non-hydrogen) atoms. The van der Waals surface area contributed by atoms with Crippen molar-refractivity contribution in [2.45, 2.75) is 33.3 Å². The number of ether oxygens (including phenoxy) is 1. The Labute approximate surface area is 94.5 Å². The van der Waals surface area contributed by atoms with Crippen LogP contribution < -0.4 is 4.74 Å². The lowest BCUT2D eigenvalue weighted by Gasteiger charge is -2.16. The first-order valence-corrected chi connectivity index (χ1v) is 5.12. The van der Waals surface area contributed by atoms with Crippen molar-refractivity contribution >= 4 is 0 Å². The highest BCUT2D eigenvalue weighted by Gasteiger charge is 2.20. The zero-order chi connectivity index (χ0) is 12.5. The molecule has 0 fully saturated rings. The Morgan fingerprint density at radius 3 is 2.31 bits per heavy atom. The van der Waals surface area contributed by atoms with Crippen LogP contribution in [0.2, 0.25) is 0 Å². The fourth-order valence-electron chi connectivity index (χ4n) is 1.80. The van der Waals surface area contributed by atoms with E-state index in [1.165, 1.54) is 7.11 Å². The number of aromatic hydroxyl groups is 1. The van der Waals surface area contributed by atoms with Gasteiger partial charge in [-0.3, -0.25) is 0 Å². The summed E-state index contributed by atoms with van der Waals surface area (Å²) in [6, 6.07) is 0. The van der Waals surface area contributed by atoms with Gasteiger partial charge in [-0.1, -0.05) is 0 Å². The van der Waals surface area contributed by atoms with Crippen LogP contribution in [0.25, 0.3) is 0 Å². The van der Waals surface area contributed by atoms with Crippen LogP contribution in [0.1, 0.15) is 23.6 Å². The molecule has 3 nitrogen and oxygen atoms in total. The fraction of sp³-hybridized carbons (Fsp3) is 0.500. The van der Waals surface area contributed by atoms with Crippen molar-refractivity contribution in [3.05, 3.63) is 22.5 Å². The number of phenolic OH excluding ortho intramolecular Hbond substituents is 1. The molecule has 0 spiro atoms. The summed E-state index contributed by atoms with van der Waals surface area (Å²) in [5.41, 5.74) is 1.04. The Balaban J connectivity index is 3.43. The average molecular weight is 228 g/mol. The van der Waals surface area contributed by atoms with E-state index in [0.29, 0.717) is 11.1 Å². The highest BCUT2D eigenvalue weighted by Crippen LogP contribution is 2.38. The highest BCUT2D eigenvalue weighted by molar-refractivity contribution is 5.55. The van der Waals surface area contributed by atoms with Crippen molar-refractivity contribution in [3.63, 3.8) is 0 Å². The van der Waals surface area contributed by atoms with Crippen LogP contribution in [0.15, 0.2) is 0 Å². The van der Waals surface area contributed by atoms with Crippen LogP contribution in [-0.4, -0.2) is 23.4 Å². The van der Waals surface area contributed by atoms with Gasteiger partial charge in [0, 0.05) is 17.5 Å². The second-order valence-corrected chi connectivity index (χ2v) is 3.98. The van der Waals surface area contributed by atoms with Crippen molar-refractivity contribution in [1.29, 1.82) is 0 Å². The van der Waals surface area contributed by atoms with E-state index in [1.54, 1.807) is 20.8 Å². The van der Waals surface area contributed by atoms with E-state index in [2.05, 4.69) is 0 Å². The van der Waals surface area contributed by atoms with Gasteiger partial charge in [0.2, 0.25) is 0 Å². The monoisotopic (exact) mass is 228 g/mol. The van der Waals surface area contributed by atoms with Crippen LogP contribution >= 0.6 is 0 Å². The number of halogens is 1. The van der Waals surface area contributed by atoms with Gasteiger partial charge in [0.15, 0.2) is 11.5 Å². The summed E-state index contributed by atoms with van der Waals surface area (Å²) in [5.74, 6) is -0.344. The second kappa shape index (κ2) is 4.70. The summed E-state index contributed by atoms with van der Waals surface area (Å²) in [6.07, 6.45) is -0.443. The van der Waals surface area contributed by atoms with E-state index < -0.39 is 11.9 Å². The summed E-state index contributed by atoms with van der Waals surface area (Å²) in [6.45, 7) is 4.72. The minimum absolute atomic E-state index is 0.0835. The minimum atomic E-state index is -0.642. The molecule has 0 aliphatic rings. The summed E-state index contributed by atoms with van der Waals surface area (Å²) in [4.78, 5) is 0. The molecule has 0 heterocycles. The molecule has 4 heteroatoms. The van der Waals surface area contributed by atoms with Gasteiger partial charge in [-0.15, -0.1) is 0 Å². The third kappa shape index (κ3) is 2.11. The normalized spacial score (nSPS) is 12.6. The third-order valence-corrected chi connectivity index (χ3v) is 2.66. The summed E-state index contributed by atoms with van der Waals surface area (Å²) < 4.78 is 18.8. The van der Waals surface area contributed by atoms with E-state index in [-0.39, 0.29) is 23.5 Å². The molecule has 2 N–H and O–H groups in total. The molecule has 0 aliphatic heterocycles. The predicted molar refractivity (Wildman–Crippen MR) is 59.5 cm³/mol. The van der Waals surface area contributed by atoms with E-state index in [1.807, 2.05) is 0 Å². The molecule has 1 atom stereocenters. The van der Waals surface area contributed by atoms with Crippen LogP contribution in [0, 0.1) is 19.7 Å². The van der Waals surface area contributed by atoms with Gasteiger partial charge in [-0.2, -0.15) is 0 Å². The number of phenols is 1. The number of benzene rings is 1. The number of aliphatic hydroxyl groups is 1. The summed E-state index contributed by atoms with van der Waals surface area (Å²) in [7, 11) is 1.38. The average Bonchev–Trinajstić information content (AvgIpc) is 2.22. The molecule has 0 aliphatic carbocycles. The molecule has 1 aromatic rings. The Bertz CT molecular complexity index is 400. The maximum absolute atomic E-state index is 13.8. The smallest absolute Gasteiger partial charge is 0.166 e. The zero-order valence-corrected chi connectivity index (χ0v) is 9.97. The molecular weight excluding hydrogens is 211 g/mol. The minimum Gasteiger partial charge on any atom is -0.504 e. The zero-order valence-electron chi connectivity index (χ0n) is 9.97. The largest absolute Gasteiger partial charge is 0.504 e. The summed E-state index contributed by atoms with van der Waals surface area (Å²) in [5, 5.41) is 19.2. The number of hydrogen-bond acceptors (Lipinski definition) is 3. The van der Waals surface area contributed by atoms with Crippen LogP contribution in [-0.2, 0) is 6.42 Å². The van der Waals surface area contributed by atoms with Crippen LogP contribution in [0.3, 0.4) is 0 Å². The third-order valence-electron chi connectivity index (χ3n) is 2.66. The van der Waals surface area contributed by atoms with Crippen molar-refractivity contribution in [2.75, 3.05) is 7.11 Å². The highest BCUT2D eigenvalue weighted by atomic mass is 19.1. The Hall–Kier alpha value is -1.29. The van der Waals surface area contributed by atoms with Crippen molar-refractivity contribution in [2.24, 2.45) is 0 Å². The van der Waals surface area contributed by atoms with E-state index in [0.717, 1.165) is 0 Å². The first-order valence-electron chi connectivity index (χ1n) is 5.12. The lowest BCUT2D eigenvalue weighted by Crippen LogP contribution is -2.09. The van der Waals surface area contributed by atoms with Crippen LogP contribution in [0.4, 0.5) is 4.39 Å². The fourth-order valence-corrected chi connectivity index (χ4v) is 1.80. The Kier molecular flexibility index (Phi) is 3.75. The Morgan fingerprint density at radius 1 is 1.31 bits per heavy atom. The van der Waals surface area contributed by atoms with Gasteiger partial charge in [0.1, 0.15) is 5.82 Å². The van der Waals surface area contributed by atoms with Crippen molar-refractivity contribution < 1.29 is 19.3 Å². The molecule has 1 aromatic carbocycles. The molecular formula is C12H17FO3. The SMILES string of the molecule is COc1c(C)c(F)c(C)c(CC(C)O)c1O. The van der Waals surface area contributed by atoms with Gasteiger partial charge >= 0.3 is 0 Å². The molecule has 90 valence electrons. The number of methoxy groups -OCH3 is 1. The van der Waals surface area contributed by atoms with Gasteiger partial charge in [0.05, 0.1) is 13.2 Å². The van der Waals surface area contributed by atoms with E-state index in [4.69, 9.17) is 4.74 Å². The second-order valence-electron chi connectivity index (χ2n) is 3.98. The molecule has 1 unspecified atom stereocenters. The quantitative estimate of drug-likeness (QED) is 0.832. The molecule has 0 amide bonds. The number of hydrogen-bond donors (Lipinski definition) is 2. The first-order chi connectivity index (χ1) is 7.40. The summed E-state index contributed by atoms with van der Waals surface area (Å²) >= 11 is 0. The topological polar surface area (TPSA) is 49.7 Å². The molecule has 0 bridgehead atoms. The van der Waals surface area contributed by atoms with Gasteiger partial charge in [0.25, 0.3) is 0 Å². The van der Waals surface area contributed by atoms with E-state index >= 15 is 0 Å². The van der Waals surface area contributed by atoms with Gasteiger partial charge in [-0.25, -0.2) is 4.39 Å². The first kappa shape index (κ1) is 12.8. The van der Waals surface area contributed by atoms with Gasteiger partial charge in [-0.05, 0) is 26.3 Å².